The third-order valence-electron chi connectivity index (χ3n) is 4.21. The lowest BCUT2D eigenvalue weighted by Crippen LogP contribution is -2.32. The van der Waals surface area contributed by atoms with E-state index in [4.69, 9.17) is 4.74 Å². The fraction of sp³-hybridized carbons (Fsp3) is 0.389. The summed E-state index contributed by atoms with van der Waals surface area (Å²) in [5, 5.41) is 5.09. The van der Waals surface area contributed by atoms with Crippen molar-refractivity contribution in [3.63, 3.8) is 0 Å². The molecule has 1 saturated heterocycles. The molecule has 1 aromatic heterocycles. The fourth-order valence-electron chi connectivity index (χ4n) is 3.11. The molecule has 1 atom stereocenters. The molecule has 1 aliphatic rings. The summed E-state index contributed by atoms with van der Waals surface area (Å²) >= 11 is 1.77. The number of carbonyl (C=O) groups excluding carboxylic acids is 1. The van der Waals surface area contributed by atoms with Gasteiger partial charge in [-0.05, 0) is 55.5 Å². The van der Waals surface area contributed by atoms with Crippen molar-refractivity contribution in [2.24, 2.45) is 0 Å². The Morgan fingerprint density at radius 1 is 1.43 bits per heavy atom. The van der Waals surface area contributed by atoms with Gasteiger partial charge in [-0.2, -0.15) is 0 Å². The highest BCUT2D eigenvalue weighted by Crippen LogP contribution is 2.34. The Bertz CT molecular complexity index is 670. The Morgan fingerprint density at radius 3 is 3.04 bits per heavy atom. The molecule has 0 spiro atoms. The van der Waals surface area contributed by atoms with Gasteiger partial charge in [0.1, 0.15) is 5.75 Å². The molecule has 1 aliphatic heterocycles. The van der Waals surface area contributed by atoms with E-state index < -0.39 is 0 Å². The molecular weight excluding hydrogens is 308 g/mol. The molecule has 2 heterocycles. The third-order valence-corrected chi connectivity index (χ3v) is 5.18. The second-order valence-electron chi connectivity index (χ2n) is 5.90. The second kappa shape index (κ2) is 7.15. The predicted octanol–water partition coefficient (Wildman–Crippen LogP) is 3.84. The Labute approximate surface area is 141 Å². The van der Waals surface area contributed by atoms with Crippen molar-refractivity contribution in [3.05, 3.63) is 46.2 Å². The van der Waals surface area contributed by atoms with Crippen LogP contribution in [-0.2, 0) is 4.79 Å². The average Bonchev–Trinajstić information content (AvgIpc) is 3.18. The maximum atomic E-state index is 12.5. The monoisotopic (exact) mass is 330 g/mol. The van der Waals surface area contributed by atoms with Crippen LogP contribution in [0.5, 0.6) is 5.75 Å². The van der Waals surface area contributed by atoms with Crippen molar-refractivity contribution in [1.82, 2.24) is 4.90 Å². The van der Waals surface area contributed by atoms with Gasteiger partial charge in [-0.25, -0.2) is 0 Å². The van der Waals surface area contributed by atoms with Crippen LogP contribution in [0.3, 0.4) is 0 Å². The van der Waals surface area contributed by atoms with Gasteiger partial charge < -0.3 is 10.1 Å². The first-order chi connectivity index (χ1) is 11.2. The summed E-state index contributed by atoms with van der Waals surface area (Å²) in [5.74, 6) is 0.706. The topological polar surface area (TPSA) is 41.6 Å². The van der Waals surface area contributed by atoms with Crippen molar-refractivity contribution >= 4 is 22.9 Å². The van der Waals surface area contributed by atoms with Crippen molar-refractivity contribution < 1.29 is 9.53 Å². The number of methoxy groups -OCH3 is 1. The highest BCUT2D eigenvalue weighted by Gasteiger charge is 2.28. The molecule has 5 heteroatoms. The van der Waals surface area contributed by atoms with Gasteiger partial charge in [-0.3, -0.25) is 9.69 Å². The van der Waals surface area contributed by atoms with Gasteiger partial charge in [-0.15, -0.1) is 11.3 Å². The third kappa shape index (κ3) is 3.74. The minimum absolute atomic E-state index is 0.0114. The van der Waals surface area contributed by atoms with Crippen molar-refractivity contribution in [1.29, 1.82) is 0 Å². The minimum Gasteiger partial charge on any atom is -0.495 e. The number of nitrogens with one attached hydrogen (secondary N) is 1. The van der Waals surface area contributed by atoms with E-state index in [1.807, 2.05) is 25.1 Å². The molecule has 0 saturated carbocycles. The van der Waals surface area contributed by atoms with E-state index in [2.05, 4.69) is 27.7 Å². The fourth-order valence-corrected chi connectivity index (χ4v) is 4.01. The smallest absolute Gasteiger partial charge is 0.238 e. The molecular formula is C18H22N2O2S. The van der Waals surface area contributed by atoms with Gasteiger partial charge in [-0.1, -0.05) is 12.1 Å². The molecule has 1 aromatic carbocycles. The molecule has 1 fully saturated rings. The van der Waals surface area contributed by atoms with Crippen LogP contribution < -0.4 is 10.1 Å². The number of amides is 1. The molecule has 23 heavy (non-hydrogen) atoms. The van der Waals surface area contributed by atoms with E-state index >= 15 is 0 Å². The molecule has 2 aromatic rings. The number of hydrogen-bond donors (Lipinski definition) is 1. The number of benzene rings is 1. The highest BCUT2D eigenvalue weighted by molar-refractivity contribution is 7.10. The van der Waals surface area contributed by atoms with Gasteiger partial charge in [0.15, 0.2) is 0 Å². The Balaban J connectivity index is 1.66. The van der Waals surface area contributed by atoms with E-state index in [1.165, 1.54) is 4.88 Å². The highest BCUT2D eigenvalue weighted by atomic mass is 32.1. The number of carbonyl (C=O) groups is 1. The maximum absolute atomic E-state index is 12.5. The lowest BCUT2D eigenvalue weighted by Gasteiger charge is -2.23. The number of anilines is 1. The summed E-state index contributed by atoms with van der Waals surface area (Å²) in [6.45, 7) is 3.39. The SMILES string of the molecule is COc1ccc(C)cc1NC(=O)CN1CCC[C@H]1c1cccs1. The molecule has 122 valence electrons. The Morgan fingerprint density at radius 2 is 2.30 bits per heavy atom. The summed E-state index contributed by atoms with van der Waals surface area (Å²) in [6, 6.07) is 10.4. The summed E-state index contributed by atoms with van der Waals surface area (Å²) in [7, 11) is 1.62. The first-order valence-corrected chi connectivity index (χ1v) is 8.77. The zero-order valence-corrected chi connectivity index (χ0v) is 14.4. The van der Waals surface area contributed by atoms with E-state index in [-0.39, 0.29) is 5.91 Å². The van der Waals surface area contributed by atoms with Crippen LogP contribution in [-0.4, -0.2) is 31.0 Å². The average molecular weight is 330 g/mol. The normalized spacial score (nSPS) is 18.1. The quantitative estimate of drug-likeness (QED) is 0.905. The summed E-state index contributed by atoms with van der Waals surface area (Å²) in [4.78, 5) is 16.1. The van der Waals surface area contributed by atoms with Crippen LogP contribution >= 0.6 is 11.3 Å². The van der Waals surface area contributed by atoms with Crippen molar-refractivity contribution in [3.8, 4) is 5.75 Å². The Kier molecular flexibility index (Phi) is 4.98. The van der Waals surface area contributed by atoms with Crippen LogP contribution in [0.25, 0.3) is 0 Å². The van der Waals surface area contributed by atoms with E-state index in [1.54, 1.807) is 18.4 Å². The molecule has 1 amide bonds. The van der Waals surface area contributed by atoms with Crippen LogP contribution in [0, 0.1) is 6.92 Å². The first-order valence-electron chi connectivity index (χ1n) is 7.89. The first kappa shape index (κ1) is 16.0. The molecule has 1 N–H and O–H groups in total. The Hall–Kier alpha value is -1.85. The molecule has 0 radical (unpaired) electrons. The summed E-state index contributed by atoms with van der Waals surface area (Å²) < 4.78 is 5.32. The standard InChI is InChI=1S/C18H22N2O2S/c1-13-7-8-16(22-2)14(11-13)19-18(21)12-20-9-3-5-15(20)17-6-4-10-23-17/h4,6-8,10-11,15H,3,5,9,12H2,1-2H3,(H,19,21)/t15-/m0/s1. The molecule has 4 nitrogen and oxygen atoms in total. The maximum Gasteiger partial charge on any atom is 0.238 e. The van der Waals surface area contributed by atoms with Gasteiger partial charge in [0.25, 0.3) is 0 Å². The van der Waals surface area contributed by atoms with Crippen LogP contribution in [0.1, 0.15) is 29.3 Å². The molecule has 0 aliphatic carbocycles. The van der Waals surface area contributed by atoms with Gasteiger partial charge in [0.2, 0.25) is 5.91 Å². The van der Waals surface area contributed by atoms with E-state index in [0.29, 0.717) is 18.3 Å². The van der Waals surface area contributed by atoms with Gasteiger partial charge in [0.05, 0.1) is 19.3 Å². The molecule has 0 unspecified atom stereocenters. The zero-order chi connectivity index (χ0) is 16.2. The second-order valence-corrected chi connectivity index (χ2v) is 6.88. The summed E-state index contributed by atoms with van der Waals surface area (Å²) in [6.07, 6.45) is 2.27. The van der Waals surface area contributed by atoms with Crippen LogP contribution in [0.15, 0.2) is 35.7 Å². The van der Waals surface area contributed by atoms with Gasteiger partial charge >= 0.3 is 0 Å². The van der Waals surface area contributed by atoms with Gasteiger partial charge in [0, 0.05) is 10.9 Å². The number of aryl methyl sites for hydroxylation is 1. The van der Waals surface area contributed by atoms with E-state index in [0.717, 1.165) is 30.6 Å². The van der Waals surface area contributed by atoms with E-state index in [9.17, 15) is 4.79 Å². The number of hydrogen-bond acceptors (Lipinski definition) is 4. The molecule has 0 bridgehead atoms. The number of thiophene rings is 1. The summed E-state index contributed by atoms with van der Waals surface area (Å²) in [5.41, 5.74) is 1.84. The predicted molar refractivity (Wildman–Crippen MR) is 94.2 cm³/mol. The lowest BCUT2D eigenvalue weighted by molar-refractivity contribution is -0.117. The molecule has 3 rings (SSSR count). The van der Waals surface area contributed by atoms with Crippen LogP contribution in [0.2, 0.25) is 0 Å². The number of likely N-dealkylation sites (tertiary alicyclic amines) is 1. The van der Waals surface area contributed by atoms with Crippen molar-refractivity contribution in [2.75, 3.05) is 25.5 Å². The number of nitrogens with zero attached hydrogens (tertiary/aromatic N) is 1. The van der Waals surface area contributed by atoms with Crippen LogP contribution in [0.4, 0.5) is 5.69 Å². The van der Waals surface area contributed by atoms with Crippen molar-refractivity contribution in [2.45, 2.75) is 25.8 Å². The number of ether oxygens (including phenoxy) is 1. The number of rotatable bonds is 5. The largest absolute Gasteiger partial charge is 0.495 e. The lowest BCUT2D eigenvalue weighted by atomic mass is 10.2. The zero-order valence-electron chi connectivity index (χ0n) is 13.5. The minimum atomic E-state index is 0.0114.